The van der Waals surface area contributed by atoms with E-state index < -0.39 is 11.0 Å². The van der Waals surface area contributed by atoms with E-state index in [2.05, 4.69) is 15.9 Å². The summed E-state index contributed by atoms with van der Waals surface area (Å²) in [5.41, 5.74) is 0.449. The Kier molecular flexibility index (Phi) is 3.54. The normalized spacial score (nSPS) is 20.3. The fourth-order valence-electron chi connectivity index (χ4n) is 1.83. The van der Waals surface area contributed by atoms with E-state index in [-0.39, 0.29) is 17.9 Å². The molecule has 1 atom stereocenters. The highest BCUT2D eigenvalue weighted by molar-refractivity contribution is 9.10. The fourth-order valence-corrected chi connectivity index (χ4v) is 2.18. The van der Waals surface area contributed by atoms with Crippen LogP contribution in [0, 0.1) is 10.1 Å². The van der Waals surface area contributed by atoms with Gasteiger partial charge in [-0.05, 0) is 12.1 Å². The number of nitro benzene ring substituents is 1. The molecular formula is C11H10BrNO4. The van der Waals surface area contributed by atoms with Crippen LogP contribution in [0.3, 0.4) is 0 Å². The van der Waals surface area contributed by atoms with Crippen LogP contribution in [0.2, 0.25) is 0 Å². The molecule has 0 aromatic heterocycles. The van der Waals surface area contributed by atoms with E-state index in [4.69, 9.17) is 4.74 Å². The van der Waals surface area contributed by atoms with Crippen molar-refractivity contribution in [1.29, 1.82) is 0 Å². The average Bonchev–Trinajstić information content (AvgIpc) is 2.28. The molecule has 0 bridgehead atoms. The Labute approximate surface area is 106 Å². The predicted molar refractivity (Wildman–Crippen MR) is 63.7 cm³/mol. The quantitative estimate of drug-likeness (QED) is 0.622. The van der Waals surface area contributed by atoms with Gasteiger partial charge in [0.1, 0.15) is 5.78 Å². The molecule has 0 spiro atoms. The van der Waals surface area contributed by atoms with Gasteiger partial charge in [0.25, 0.3) is 5.69 Å². The van der Waals surface area contributed by atoms with Crippen molar-refractivity contribution in [2.75, 3.05) is 6.61 Å². The molecule has 2 rings (SSSR count). The molecule has 0 N–H and O–H groups in total. The van der Waals surface area contributed by atoms with Crippen LogP contribution in [0.4, 0.5) is 5.69 Å². The summed E-state index contributed by atoms with van der Waals surface area (Å²) in [6, 6.07) is 4.77. The van der Waals surface area contributed by atoms with Gasteiger partial charge in [-0.15, -0.1) is 0 Å². The van der Waals surface area contributed by atoms with Gasteiger partial charge in [-0.25, -0.2) is 0 Å². The second-order valence-corrected chi connectivity index (χ2v) is 4.73. The van der Waals surface area contributed by atoms with Gasteiger partial charge in [0.15, 0.2) is 0 Å². The minimum absolute atomic E-state index is 0.0147. The second-order valence-electron chi connectivity index (χ2n) is 3.81. The van der Waals surface area contributed by atoms with Gasteiger partial charge >= 0.3 is 0 Å². The van der Waals surface area contributed by atoms with Gasteiger partial charge in [0.05, 0.1) is 23.2 Å². The lowest BCUT2D eigenvalue weighted by Crippen LogP contribution is -2.20. The summed E-state index contributed by atoms with van der Waals surface area (Å²) in [6.07, 6.45) is 0.105. The minimum Gasteiger partial charge on any atom is -0.372 e. The summed E-state index contributed by atoms with van der Waals surface area (Å²) in [5.74, 6) is 0.0819. The number of carbonyl (C=O) groups excluding carboxylic acids is 1. The number of rotatable bonds is 2. The number of ether oxygens (including phenoxy) is 1. The molecule has 0 radical (unpaired) electrons. The average molecular weight is 300 g/mol. The molecule has 1 aromatic rings. The first-order chi connectivity index (χ1) is 8.08. The zero-order valence-corrected chi connectivity index (χ0v) is 10.5. The highest BCUT2D eigenvalue weighted by atomic mass is 79.9. The second kappa shape index (κ2) is 4.93. The number of halogens is 1. The number of carbonyl (C=O) groups is 1. The lowest BCUT2D eigenvalue weighted by Gasteiger charge is -2.21. The smallest absolute Gasteiger partial charge is 0.276 e. The molecule has 1 aliphatic rings. The zero-order valence-electron chi connectivity index (χ0n) is 8.89. The van der Waals surface area contributed by atoms with Gasteiger partial charge in [0, 0.05) is 23.4 Å². The summed E-state index contributed by atoms with van der Waals surface area (Å²) >= 11 is 3.19. The third kappa shape index (κ3) is 2.70. The van der Waals surface area contributed by atoms with Crippen LogP contribution in [0.5, 0.6) is 0 Å². The Morgan fingerprint density at radius 2 is 2.24 bits per heavy atom. The molecule has 1 fully saturated rings. The molecule has 0 amide bonds. The Morgan fingerprint density at radius 1 is 1.47 bits per heavy atom. The molecule has 90 valence electrons. The van der Waals surface area contributed by atoms with E-state index in [1.165, 1.54) is 6.07 Å². The van der Waals surface area contributed by atoms with Crippen LogP contribution in [0.15, 0.2) is 22.7 Å². The van der Waals surface area contributed by atoms with Crippen molar-refractivity contribution in [2.45, 2.75) is 18.9 Å². The van der Waals surface area contributed by atoms with E-state index in [1.54, 1.807) is 12.1 Å². The maximum absolute atomic E-state index is 11.3. The SMILES string of the molecule is O=C1CCOC(c2ccc(Br)cc2[N+](=O)[O-])C1. The molecule has 0 saturated carbocycles. The largest absolute Gasteiger partial charge is 0.372 e. The summed E-state index contributed by atoms with van der Waals surface area (Å²) in [4.78, 5) is 21.8. The van der Waals surface area contributed by atoms with Crippen molar-refractivity contribution in [3.05, 3.63) is 38.3 Å². The van der Waals surface area contributed by atoms with E-state index >= 15 is 0 Å². The summed E-state index contributed by atoms with van der Waals surface area (Å²) < 4.78 is 6.06. The number of hydrogen-bond donors (Lipinski definition) is 0. The number of Topliss-reactive ketones (excluding diaryl/α,β-unsaturated/α-hetero) is 1. The van der Waals surface area contributed by atoms with Gasteiger partial charge in [-0.1, -0.05) is 15.9 Å². The molecule has 1 saturated heterocycles. The summed E-state index contributed by atoms with van der Waals surface area (Å²) in [5, 5.41) is 10.9. The van der Waals surface area contributed by atoms with Crippen molar-refractivity contribution in [1.82, 2.24) is 0 Å². The van der Waals surface area contributed by atoms with E-state index in [9.17, 15) is 14.9 Å². The first-order valence-electron chi connectivity index (χ1n) is 5.15. The van der Waals surface area contributed by atoms with Crippen LogP contribution in [0.25, 0.3) is 0 Å². The Balaban J connectivity index is 2.37. The van der Waals surface area contributed by atoms with Crippen molar-refractivity contribution < 1.29 is 14.5 Å². The van der Waals surface area contributed by atoms with Crippen LogP contribution in [-0.2, 0) is 9.53 Å². The third-order valence-electron chi connectivity index (χ3n) is 2.65. The molecule has 1 aliphatic heterocycles. The number of ketones is 1. The van der Waals surface area contributed by atoms with Crippen LogP contribution in [0.1, 0.15) is 24.5 Å². The van der Waals surface area contributed by atoms with Gasteiger partial charge in [-0.3, -0.25) is 14.9 Å². The molecule has 17 heavy (non-hydrogen) atoms. The van der Waals surface area contributed by atoms with Crippen molar-refractivity contribution in [3.63, 3.8) is 0 Å². The lowest BCUT2D eigenvalue weighted by atomic mass is 9.99. The standard InChI is InChI=1S/C11H10BrNO4/c12-7-1-2-9(10(5-7)13(15)16)11-6-8(14)3-4-17-11/h1-2,5,11H,3-4,6H2. The highest BCUT2D eigenvalue weighted by Gasteiger charge is 2.28. The van der Waals surface area contributed by atoms with E-state index in [0.717, 1.165) is 0 Å². The number of nitro groups is 1. The van der Waals surface area contributed by atoms with Crippen molar-refractivity contribution >= 4 is 27.4 Å². The molecule has 1 aromatic carbocycles. The van der Waals surface area contributed by atoms with Gasteiger partial charge in [0.2, 0.25) is 0 Å². The molecular weight excluding hydrogens is 290 g/mol. The number of benzene rings is 1. The molecule has 0 aliphatic carbocycles. The first-order valence-corrected chi connectivity index (χ1v) is 5.94. The van der Waals surface area contributed by atoms with Crippen molar-refractivity contribution in [2.24, 2.45) is 0 Å². The highest BCUT2D eigenvalue weighted by Crippen LogP contribution is 2.34. The Morgan fingerprint density at radius 3 is 2.88 bits per heavy atom. The summed E-state index contributed by atoms with van der Waals surface area (Å²) in [6.45, 7) is 0.330. The third-order valence-corrected chi connectivity index (χ3v) is 3.14. The maximum Gasteiger partial charge on any atom is 0.276 e. The lowest BCUT2D eigenvalue weighted by molar-refractivity contribution is -0.386. The predicted octanol–water partition coefficient (Wildman–Crippen LogP) is 2.78. The number of hydrogen-bond acceptors (Lipinski definition) is 4. The number of nitrogens with zero attached hydrogens (tertiary/aromatic N) is 1. The summed E-state index contributed by atoms with van der Waals surface area (Å²) in [7, 11) is 0. The molecule has 6 heteroatoms. The van der Waals surface area contributed by atoms with Gasteiger partial charge < -0.3 is 4.74 Å². The van der Waals surface area contributed by atoms with E-state index in [0.29, 0.717) is 23.1 Å². The van der Waals surface area contributed by atoms with Crippen LogP contribution in [-0.4, -0.2) is 17.3 Å². The molecule has 1 heterocycles. The molecule has 1 unspecified atom stereocenters. The maximum atomic E-state index is 11.3. The van der Waals surface area contributed by atoms with Crippen molar-refractivity contribution in [3.8, 4) is 0 Å². The Bertz CT molecular complexity index is 475. The van der Waals surface area contributed by atoms with Crippen LogP contribution >= 0.6 is 15.9 Å². The van der Waals surface area contributed by atoms with E-state index in [1.807, 2.05) is 0 Å². The fraction of sp³-hybridized carbons (Fsp3) is 0.364. The molecule has 5 nitrogen and oxygen atoms in total. The first kappa shape index (κ1) is 12.2. The topological polar surface area (TPSA) is 69.4 Å². The monoisotopic (exact) mass is 299 g/mol. The van der Waals surface area contributed by atoms with Crippen LogP contribution < -0.4 is 0 Å². The van der Waals surface area contributed by atoms with Gasteiger partial charge in [-0.2, -0.15) is 0 Å². The zero-order chi connectivity index (χ0) is 12.4. The Hall–Kier alpha value is -1.27. The minimum atomic E-state index is -0.496.